The molecule has 0 unspecified atom stereocenters. The summed E-state index contributed by atoms with van der Waals surface area (Å²) in [5.74, 6) is 7.64. The fraction of sp³-hybridized carbons (Fsp3) is 0.172. The van der Waals surface area contributed by atoms with Gasteiger partial charge in [-0.3, -0.25) is 9.67 Å². The van der Waals surface area contributed by atoms with Gasteiger partial charge in [0.1, 0.15) is 17.2 Å². The minimum atomic E-state index is -0.0634. The maximum absolute atomic E-state index is 9.43. The number of anilines is 2. The smallest absolute Gasteiger partial charge is 0.124 e. The van der Waals surface area contributed by atoms with E-state index in [-0.39, 0.29) is 6.61 Å². The summed E-state index contributed by atoms with van der Waals surface area (Å²) in [5, 5.41) is 13.7. The molecule has 0 aliphatic heterocycles. The average molecular weight is 507 g/mol. The molecule has 0 saturated heterocycles. The Morgan fingerprint density at radius 2 is 1.74 bits per heavy atom. The zero-order valence-electron chi connectivity index (χ0n) is 21.3. The van der Waals surface area contributed by atoms with Gasteiger partial charge in [-0.2, -0.15) is 5.10 Å². The van der Waals surface area contributed by atoms with Gasteiger partial charge in [0.15, 0.2) is 0 Å². The van der Waals surface area contributed by atoms with Gasteiger partial charge in [0.25, 0.3) is 0 Å². The summed E-state index contributed by atoms with van der Waals surface area (Å²) in [6, 6.07) is 15.1. The molecule has 0 saturated carbocycles. The summed E-state index contributed by atoms with van der Waals surface area (Å²) in [5.41, 5.74) is 6.22. The zero-order chi connectivity index (χ0) is 26.5. The van der Waals surface area contributed by atoms with E-state index in [0.717, 1.165) is 39.2 Å². The maximum Gasteiger partial charge on any atom is 0.124 e. The van der Waals surface area contributed by atoms with E-state index in [9.17, 15) is 5.11 Å². The highest BCUT2D eigenvalue weighted by atomic mass is 16.5. The number of hydrogen-bond acceptors (Lipinski definition) is 8. The third kappa shape index (κ3) is 5.40. The summed E-state index contributed by atoms with van der Waals surface area (Å²) in [6.07, 6.45) is 7.07. The van der Waals surface area contributed by atoms with Crippen LogP contribution in [0.25, 0.3) is 22.3 Å². The van der Waals surface area contributed by atoms with E-state index in [0.29, 0.717) is 23.7 Å². The number of hydrogen-bond donors (Lipinski definition) is 1. The number of ether oxygens (including phenoxy) is 2. The van der Waals surface area contributed by atoms with Crippen LogP contribution in [0, 0.1) is 11.8 Å². The van der Waals surface area contributed by atoms with E-state index in [2.05, 4.69) is 26.9 Å². The van der Waals surface area contributed by atoms with Gasteiger partial charge in [-0.15, -0.1) is 0 Å². The van der Waals surface area contributed by atoms with Crippen molar-refractivity contribution in [3.63, 3.8) is 0 Å². The van der Waals surface area contributed by atoms with Gasteiger partial charge in [0.05, 0.1) is 56.5 Å². The molecule has 2 aromatic carbocycles. The molecule has 9 heteroatoms. The Labute approximate surface area is 220 Å². The number of nitrogens with zero attached hydrogens (tertiary/aromatic N) is 6. The van der Waals surface area contributed by atoms with Crippen LogP contribution in [0.2, 0.25) is 0 Å². The number of aliphatic hydroxyl groups excluding tert-OH is 1. The lowest BCUT2D eigenvalue weighted by Gasteiger charge is -2.24. The van der Waals surface area contributed by atoms with Gasteiger partial charge >= 0.3 is 0 Å². The van der Waals surface area contributed by atoms with Gasteiger partial charge in [-0.25, -0.2) is 9.97 Å². The molecule has 0 aliphatic carbocycles. The van der Waals surface area contributed by atoms with Crippen LogP contribution in [0.4, 0.5) is 11.4 Å². The summed E-state index contributed by atoms with van der Waals surface area (Å²) in [7, 11) is 5.11. The van der Waals surface area contributed by atoms with Crippen molar-refractivity contribution in [1.29, 1.82) is 0 Å². The summed E-state index contributed by atoms with van der Waals surface area (Å²) < 4.78 is 12.8. The SMILES string of the molecule is COc1cc(OC)cc(N(CC#Cc2cc(CO)ccn2)c2ccc3ncc(-c4cnn(C)c4)nc3c2)c1. The third-order valence-electron chi connectivity index (χ3n) is 5.95. The van der Waals surface area contributed by atoms with E-state index in [1.165, 1.54) is 0 Å². The van der Waals surface area contributed by atoms with Crippen LogP contribution in [0.15, 0.2) is 73.3 Å². The molecule has 190 valence electrons. The van der Waals surface area contributed by atoms with Crippen LogP contribution < -0.4 is 14.4 Å². The lowest BCUT2D eigenvalue weighted by atomic mass is 10.2. The summed E-state index contributed by atoms with van der Waals surface area (Å²) in [4.78, 5) is 15.8. The first-order valence-corrected chi connectivity index (χ1v) is 11.9. The van der Waals surface area contributed by atoms with Crippen LogP contribution in [0.3, 0.4) is 0 Å². The Balaban J connectivity index is 1.57. The molecular weight excluding hydrogens is 480 g/mol. The van der Waals surface area contributed by atoms with Crippen LogP contribution in [-0.4, -0.2) is 50.6 Å². The lowest BCUT2D eigenvalue weighted by Crippen LogP contribution is -2.17. The van der Waals surface area contributed by atoms with E-state index < -0.39 is 0 Å². The molecule has 5 rings (SSSR count). The third-order valence-corrected chi connectivity index (χ3v) is 5.95. The molecule has 0 atom stereocenters. The Morgan fingerprint density at radius 1 is 0.921 bits per heavy atom. The predicted molar refractivity (Wildman–Crippen MR) is 145 cm³/mol. The second-order valence-corrected chi connectivity index (χ2v) is 8.50. The zero-order valence-corrected chi connectivity index (χ0v) is 21.3. The van der Waals surface area contributed by atoms with Crippen LogP contribution in [0.1, 0.15) is 11.3 Å². The Hall–Kier alpha value is -4.94. The number of aromatic nitrogens is 5. The monoisotopic (exact) mass is 506 g/mol. The van der Waals surface area contributed by atoms with Gasteiger partial charge in [0, 0.05) is 54.6 Å². The molecule has 38 heavy (non-hydrogen) atoms. The minimum absolute atomic E-state index is 0.0634. The van der Waals surface area contributed by atoms with Crippen LogP contribution >= 0.6 is 0 Å². The second kappa shape index (κ2) is 11.0. The van der Waals surface area contributed by atoms with E-state index >= 15 is 0 Å². The van der Waals surface area contributed by atoms with Crippen LogP contribution in [0.5, 0.6) is 11.5 Å². The molecule has 0 bridgehead atoms. The molecule has 0 fully saturated rings. The standard InChI is InChI=1S/C29H26N6O3/c1-34-18-21(16-32-34)29-17-31-27-7-6-23(14-28(27)33-29)35(24-12-25(37-2)15-26(13-24)38-3)10-4-5-22-11-20(19-36)8-9-30-22/h6-9,11-18,36H,10,19H2,1-3H3. The molecule has 3 heterocycles. The molecular formula is C29H26N6O3. The fourth-order valence-corrected chi connectivity index (χ4v) is 3.99. The van der Waals surface area contributed by atoms with Crippen molar-refractivity contribution in [3.8, 4) is 34.6 Å². The maximum atomic E-state index is 9.43. The van der Waals surface area contributed by atoms with Crippen molar-refractivity contribution in [3.05, 3.63) is 84.6 Å². The van der Waals surface area contributed by atoms with E-state index in [4.69, 9.17) is 14.5 Å². The van der Waals surface area contributed by atoms with Gasteiger partial charge < -0.3 is 19.5 Å². The van der Waals surface area contributed by atoms with Crippen molar-refractivity contribution < 1.29 is 14.6 Å². The number of aliphatic hydroxyl groups is 1. The average Bonchev–Trinajstić information content (AvgIpc) is 3.40. The molecule has 0 radical (unpaired) electrons. The highest BCUT2D eigenvalue weighted by Crippen LogP contribution is 2.34. The summed E-state index contributed by atoms with van der Waals surface area (Å²) in [6.45, 7) is 0.286. The highest BCUT2D eigenvalue weighted by Gasteiger charge is 2.14. The van der Waals surface area contributed by atoms with Crippen LogP contribution in [-0.2, 0) is 13.7 Å². The molecule has 5 aromatic rings. The van der Waals surface area contributed by atoms with Gasteiger partial charge in [0.2, 0.25) is 0 Å². The molecule has 9 nitrogen and oxygen atoms in total. The molecule has 0 amide bonds. The Morgan fingerprint density at radius 3 is 2.45 bits per heavy atom. The molecule has 0 aliphatic rings. The Bertz CT molecular complexity index is 1630. The number of pyridine rings is 1. The topological polar surface area (TPSA) is 98.4 Å². The highest BCUT2D eigenvalue weighted by molar-refractivity contribution is 5.83. The first-order valence-electron chi connectivity index (χ1n) is 11.9. The molecule has 0 spiro atoms. The van der Waals surface area contributed by atoms with Crippen molar-refractivity contribution in [2.24, 2.45) is 7.05 Å². The lowest BCUT2D eigenvalue weighted by molar-refractivity contribution is 0.281. The number of rotatable bonds is 7. The predicted octanol–water partition coefficient (Wildman–Crippen LogP) is 4.12. The first-order chi connectivity index (χ1) is 18.6. The van der Waals surface area contributed by atoms with E-state index in [1.54, 1.807) is 49.6 Å². The van der Waals surface area contributed by atoms with Gasteiger partial charge in [-0.1, -0.05) is 5.92 Å². The minimum Gasteiger partial charge on any atom is -0.497 e. The van der Waals surface area contributed by atoms with Crippen molar-refractivity contribution >= 4 is 22.4 Å². The second-order valence-electron chi connectivity index (χ2n) is 8.50. The van der Waals surface area contributed by atoms with E-state index in [1.807, 2.05) is 54.5 Å². The normalized spacial score (nSPS) is 10.6. The Kier molecular flexibility index (Phi) is 7.15. The van der Waals surface area contributed by atoms with Crippen molar-refractivity contribution in [2.45, 2.75) is 6.61 Å². The number of benzene rings is 2. The largest absolute Gasteiger partial charge is 0.497 e. The fourth-order valence-electron chi connectivity index (χ4n) is 3.99. The molecule has 3 aromatic heterocycles. The number of aryl methyl sites for hydroxylation is 1. The summed E-state index contributed by atoms with van der Waals surface area (Å²) >= 11 is 0. The quantitative estimate of drug-likeness (QED) is 0.329. The van der Waals surface area contributed by atoms with Crippen molar-refractivity contribution in [1.82, 2.24) is 24.7 Å². The number of fused-ring (bicyclic) bond motifs is 1. The first kappa shape index (κ1) is 24.7. The molecule has 1 N–H and O–H groups in total. The number of methoxy groups -OCH3 is 2. The van der Waals surface area contributed by atoms with Gasteiger partial charge in [-0.05, 0) is 41.8 Å². The van der Waals surface area contributed by atoms with Crippen molar-refractivity contribution in [2.75, 3.05) is 25.7 Å².